The van der Waals surface area contributed by atoms with Crippen molar-refractivity contribution < 1.29 is 14.3 Å². The van der Waals surface area contributed by atoms with Gasteiger partial charge in [0.2, 0.25) is 5.91 Å². The van der Waals surface area contributed by atoms with Gasteiger partial charge < -0.3 is 25.4 Å². The molecule has 0 fully saturated rings. The first-order chi connectivity index (χ1) is 14.0. The van der Waals surface area contributed by atoms with Gasteiger partial charge in [-0.2, -0.15) is 0 Å². The third kappa shape index (κ3) is 7.91. The molecule has 0 bridgehead atoms. The quantitative estimate of drug-likeness (QED) is 0.265. The average molecular weight is 547 g/mol. The van der Waals surface area contributed by atoms with E-state index in [4.69, 9.17) is 21.1 Å². The smallest absolute Gasteiger partial charge is 0.226 e. The summed E-state index contributed by atoms with van der Waals surface area (Å²) >= 11 is 6.14. The van der Waals surface area contributed by atoms with E-state index in [1.807, 2.05) is 37.3 Å². The van der Waals surface area contributed by atoms with Crippen LogP contribution in [0.4, 0.5) is 5.69 Å². The van der Waals surface area contributed by atoms with Crippen molar-refractivity contribution in [2.75, 3.05) is 33.1 Å². The summed E-state index contributed by atoms with van der Waals surface area (Å²) in [4.78, 5) is 16.3. The van der Waals surface area contributed by atoms with Crippen LogP contribution in [0.5, 0.6) is 11.5 Å². The molecule has 0 saturated carbocycles. The van der Waals surface area contributed by atoms with Crippen molar-refractivity contribution in [1.82, 2.24) is 10.6 Å². The summed E-state index contributed by atoms with van der Waals surface area (Å²) in [6.45, 7) is 2.92. The number of hydrogen-bond acceptors (Lipinski definition) is 4. The third-order valence-electron chi connectivity index (χ3n) is 4.17. The molecule has 0 spiro atoms. The van der Waals surface area contributed by atoms with Crippen molar-refractivity contribution in [2.45, 2.75) is 19.9 Å². The molecule has 30 heavy (non-hydrogen) atoms. The van der Waals surface area contributed by atoms with Gasteiger partial charge in [0.05, 0.1) is 24.9 Å². The zero-order valence-electron chi connectivity index (χ0n) is 17.5. The molecule has 7 nitrogen and oxygen atoms in total. The van der Waals surface area contributed by atoms with Crippen LogP contribution >= 0.6 is 35.6 Å². The van der Waals surface area contributed by atoms with Gasteiger partial charge in [-0.1, -0.05) is 23.7 Å². The zero-order chi connectivity index (χ0) is 21.2. The highest BCUT2D eigenvalue weighted by Gasteiger charge is 2.08. The van der Waals surface area contributed by atoms with Gasteiger partial charge in [-0.25, -0.2) is 0 Å². The summed E-state index contributed by atoms with van der Waals surface area (Å²) in [6.07, 6.45) is 0.279. The second kappa shape index (κ2) is 13.2. The highest BCUT2D eigenvalue weighted by molar-refractivity contribution is 14.0. The molecule has 0 heterocycles. The fourth-order valence-corrected chi connectivity index (χ4v) is 2.91. The zero-order valence-corrected chi connectivity index (χ0v) is 20.6. The highest BCUT2D eigenvalue weighted by Crippen LogP contribution is 2.27. The van der Waals surface area contributed by atoms with Crippen molar-refractivity contribution >= 4 is 53.1 Å². The van der Waals surface area contributed by atoms with Gasteiger partial charge in [-0.05, 0) is 42.3 Å². The van der Waals surface area contributed by atoms with Crippen LogP contribution in [0.3, 0.4) is 0 Å². The monoisotopic (exact) mass is 546 g/mol. The summed E-state index contributed by atoms with van der Waals surface area (Å²) in [5.41, 5.74) is 2.66. The molecule has 2 aromatic rings. The number of hydrogen-bond donors (Lipinski definition) is 3. The summed E-state index contributed by atoms with van der Waals surface area (Å²) in [5, 5.41) is 9.66. The molecule has 164 valence electrons. The lowest BCUT2D eigenvalue weighted by atomic mass is 10.2. The molecule has 2 aromatic carbocycles. The Morgan fingerprint density at radius 3 is 2.43 bits per heavy atom. The lowest BCUT2D eigenvalue weighted by Gasteiger charge is -2.14. The van der Waals surface area contributed by atoms with Gasteiger partial charge in [0, 0.05) is 26.6 Å². The van der Waals surface area contributed by atoms with Crippen LogP contribution < -0.4 is 25.4 Å². The fourth-order valence-electron chi connectivity index (χ4n) is 2.63. The van der Waals surface area contributed by atoms with Crippen LogP contribution in [0.15, 0.2) is 41.4 Å². The van der Waals surface area contributed by atoms with E-state index in [0.29, 0.717) is 41.3 Å². The Hall–Kier alpha value is -2.20. The summed E-state index contributed by atoms with van der Waals surface area (Å²) in [7, 11) is 4.88. The summed E-state index contributed by atoms with van der Waals surface area (Å²) in [6, 6.07) is 11.2. The number of rotatable bonds is 8. The molecule has 0 unspecified atom stereocenters. The number of benzene rings is 2. The van der Waals surface area contributed by atoms with E-state index in [0.717, 1.165) is 11.1 Å². The minimum absolute atomic E-state index is 0. The lowest BCUT2D eigenvalue weighted by Crippen LogP contribution is -2.38. The van der Waals surface area contributed by atoms with Gasteiger partial charge in [-0.15, -0.1) is 24.0 Å². The van der Waals surface area contributed by atoms with E-state index >= 15 is 0 Å². The molecule has 3 N–H and O–H groups in total. The summed E-state index contributed by atoms with van der Waals surface area (Å²) in [5.74, 6) is 1.82. The molecular weight excluding hydrogens is 519 g/mol. The Kier molecular flexibility index (Phi) is 11.3. The van der Waals surface area contributed by atoms with Gasteiger partial charge in [0.15, 0.2) is 17.5 Å². The molecule has 0 aliphatic heterocycles. The van der Waals surface area contributed by atoms with E-state index in [1.165, 1.54) is 0 Å². The Morgan fingerprint density at radius 2 is 1.80 bits per heavy atom. The molecule has 0 radical (unpaired) electrons. The largest absolute Gasteiger partial charge is 0.493 e. The number of nitrogens with one attached hydrogen (secondary N) is 3. The number of aryl methyl sites for hydroxylation is 1. The standard InChI is InChI=1S/C21H27ClN4O3.HI/c1-14-5-7-17(16(22)11-14)26-20(27)9-10-24-21(23-2)25-13-15-6-8-18(28-3)19(12-15)29-4;/h5-8,11-12H,9-10,13H2,1-4H3,(H,26,27)(H2,23,24,25);1H. The first-order valence-electron chi connectivity index (χ1n) is 9.18. The van der Waals surface area contributed by atoms with E-state index in [9.17, 15) is 4.79 Å². The van der Waals surface area contributed by atoms with Gasteiger partial charge in [0.1, 0.15) is 0 Å². The first kappa shape index (κ1) is 25.8. The van der Waals surface area contributed by atoms with Crippen LogP contribution in [-0.2, 0) is 11.3 Å². The normalized spacial score (nSPS) is 10.6. The van der Waals surface area contributed by atoms with Crippen LogP contribution in [0.2, 0.25) is 5.02 Å². The number of halogens is 2. The van der Waals surface area contributed by atoms with Gasteiger partial charge in [0.25, 0.3) is 0 Å². The molecular formula is C21H28ClIN4O3. The number of aliphatic imine (C=N–C) groups is 1. The summed E-state index contributed by atoms with van der Waals surface area (Å²) < 4.78 is 10.6. The topological polar surface area (TPSA) is 84.0 Å². The van der Waals surface area contributed by atoms with E-state index < -0.39 is 0 Å². The molecule has 2 rings (SSSR count). The minimum atomic E-state index is -0.126. The average Bonchev–Trinajstić information content (AvgIpc) is 2.72. The molecule has 9 heteroatoms. The van der Waals surface area contributed by atoms with Gasteiger partial charge >= 0.3 is 0 Å². The number of guanidine groups is 1. The van der Waals surface area contributed by atoms with Crippen molar-refractivity contribution in [2.24, 2.45) is 4.99 Å². The van der Waals surface area contributed by atoms with Crippen LogP contribution in [0, 0.1) is 6.92 Å². The van der Waals surface area contributed by atoms with Crippen molar-refractivity contribution in [1.29, 1.82) is 0 Å². The highest BCUT2D eigenvalue weighted by atomic mass is 127. The number of nitrogens with zero attached hydrogens (tertiary/aromatic N) is 1. The number of carbonyl (C=O) groups is 1. The number of methoxy groups -OCH3 is 2. The molecule has 0 aliphatic carbocycles. The lowest BCUT2D eigenvalue weighted by molar-refractivity contribution is -0.116. The van der Waals surface area contributed by atoms with Crippen molar-refractivity contribution in [3.8, 4) is 11.5 Å². The minimum Gasteiger partial charge on any atom is -0.493 e. The molecule has 0 aliphatic rings. The second-order valence-electron chi connectivity index (χ2n) is 6.32. The molecule has 0 aromatic heterocycles. The Bertz CT molecular complexity index is 877. The SMILES string of the molecule is CN=C(NCCC(=O)Nc1ccc(C)cc1Cl)NCc1ccc(OC)c(OC)c1.I. The van der Waals surface area contributed by atoms with Crippen LogP contribution in [-0.4, -0.2) is 39.7 Å². The van der Waals surface area contributed by atoms with E-state index in [-0.39, 0.29) is 36.3 Å². The van der Waals surface area contributed by atoms with E-state index in [2.05, 4.69) is 20.9 Å². The van der Waals surface area contributed by atoms with Crippen LogP contribution in [0.1, 0.15) is 17.5 Å². The maximum absolute atomic E-state index is 12.1. The molecule has 0 atom stereocenters. The third-order valence-corrected chi connectivity index (χ3v) is 4.49. The Labute approximate surface area is 199 Å². The number of ether oxygens (including phenoxy) is 2. The Balaban J connectivity index is 0.00000450. The van der Waals surface area contributed by atoms with Crippen molar-refractivity contribution in [3.05, 3.63) is 52.5 Å². The maximum Gasteiger partial charge on any atom is 0.226 e. The number of amides is 1. The Morgan fingerprint density at radius 1 is 1.07 bits per heavy atom. The van der Waals surface area contributed by atoms with Crippen molar-refractivity contribution in [3.63, 3.8) is 0 Å². The van der Waals surface area contributed by atoms with Crippen LogP contribution in [0.25, 0.3) is 0 Å². The second-order valence-corrected chi connectivity index (χ2v) is 6.73. The molecule has 0 saturated heterocycles. The maximum atomic E-state index is 12.1. The predicted octanol–water partition coefficient (Wildman–Crippen LogP) is 3.98. The first-order valence-corrected chi connectivity index (χ1v) is 9.56. The fraction of sp³-hybridized carbons (Fsp3) is 0.333. The van der Waals surface area contributed by atoms with Gasteiger partial charge in [-0.3, -0.25) is 9.79 Å². The van der Waals surface area contributed by atoms with E-state index in [1.54, 1.807) is 27.3 Å². The number of anilines is 1. The predicted molar refractivity (Wildman–Crippen MR) is 133 cm³/mol. The molecule has 1 amide bonds. The number of carbonyl (C=O) groups excluding carboxylic acids is 1.